The van der Waals surface area contributed by atoms with Crippen molar-refractivity contribution in [3.8, 4) is 11.5 Å². The van der Waals surface area contributed by atoms with Crippen LogP contribution in [0.3, 0.4) is 0 Å². The number of carbonyl (C=O) groups is 2. The fourth-order valence-electron chi connectivity index (χ4n) is 5.21. The van der Waals surface area contributed by atoms with E-state index in [-0.39, 0.29) is 24.2 Å². The van der Waals surface area contributed by atoms with E-state index in [2.05, 4.69) is 45.2 Å². The summed E-state index contributed by atoms with van der Waals surface area (Å²) in [4.78, 5) is 44.7. The van der Waals surface area contributed by atoms with E-state index in [0.29, 0.717) is 50.7 Å². The molecular formula is C36H34I2N2O7S. The number of nitrogens with zero attached hydrogens (tertiary/aromatic N) is 2. The second-order valence-corrected chi connectivity index (χ2v) is 14.4. The van der Waals surface area contributed by atoms with Crippen LogP contribution in [0.1, 0.15) is 67.7 Å². The summed E-state index contributed by atoms with van der Waals surface area (Å²) in [6, 6.07) is 17.7. The van der Waals surface area contributed by atoms with Gasteiger partial charge in [-0.3, -0.25) is 9.36 Å². The SMILES string of the molecule is CCOC(=O)C1=C(C)N=c2s/c(=C\c3cc(I)c(OCc4ccc(C(=O)OCC)cc4)c(I)c3)c(=O)n2[C@@H]1c1ccccc1OC(C)C. The Labute approximate surface area is 309 Å². The monoisotopic (exact) mass is 892 g/mol. The molecule has 0 saturated heterocycles. The normalized spacial score (nSPS) is 14.4. The molecular weight excluding hydrogens is 858 g/mol. The number of ether oxygens (including phenoxy) is 4. The third-order valence-electron chi connectivity index (χ3n) is 7.26. The highest BCUT2D eigenvalue weighted by atomic mass is 127. The topological polar surface area (TPSA) is 105 Å². The summed E-state index contributed by atoms with van der Waals surface area (Å²) in [5.41, 5.74) is 3.43. The fourth-order valence-corrected chi connectivity index (χ4v) is 8.39. The maximum atomic E-state index is 14.2. The predicted molar refractivity (Wildman–Crippen MR) is 201 cm³/mol. The molecule has 0 unspecified atom stereocenters. The molecule has 1 aromatic heterocycles. The van der Waals surface area contributed by atoms with Crippen LogP contribution in [0.4, 0.5) is 0 Å². The van der Waals surface area contributed by atoms with Gasteiger partial charge in [0.05, 0.1) is 47.8 Å². The number of esters is 2. The lowest BCUT2D eigenvalue weighted by Crippen LogP contribution is -2.40. The Hall–Kier alpha value is -3.50. The van der Waals surface area contributed by atoms with Crippen LogP contribution in [0, 0.1) is 7.14 Å². The number of rotatable bonds is 11. The molecule has 1 atom stereocenters. The highest BCUT2D eigenvalue weighted by Gasteiger charge is 2.35. The molecule has 2 heterocycles. The molecule has 0 radical (unpaired) electrons. The highest BCUT2D eigenvalue weighted by Crippen LogP contribution is 2.36. The molecule has 1 aliphatic rings. The molecule has 0 bridgehead atoms. The molecule has 12 heteroatoms. The van der Waals surface area contributed by atoms with Crippen LogP contribution in [0.15, 0.2) is 81.7 Å². The van der Waals surface area contributed by atoms with Crippen molar-refractivity contribution in [2.75, 3.05) is 13.2 Å². The minimum absolute atomic E-state index is 0.119. The van der Waals surface area contributed by atoms with Gasteiger partial charge >= 0.3 is 11.9 Å². The maximum Gasteiger partial charge on any atom is 0.338 e. The first-order valence-corrected chi connectivity index (χ1v) is 18.3. The quantitative estimate of drug-likeness (QED) is 0.124. The van der Waals surface area contributed by atoms with Gasteiger partial charge in [0.1, 0.15) is 24.1 Å². The molecule has 3 aromatic carbocycles. The van der Waals surface area contributed by atoms with E-state index in [1.54, 1.807) is 37.5 Å². The van der Waals surface area contributed by atoms with Crippen molar-refractivity contribution in [3.63, 3.8) is 0 Å². The van der Waals surface area contributed by atoms with Crippen molar-refractivity contribution in [1.29, 1.82) is 0 Å². The number of carbonyl (C=O) groups excluding carboxylic acids is 2. The minimum Gasteiger partial charge on any atom is -0.491 e. The number of para-hydroxylation sites is 1. The number of aromatic nitrogens is 1. The van der Waals surface area contributed by atoms with Crippen LogP contribution in [-0.2, 0) is 20.9 Å². The van der Waals surface area contributed by atoms with Crippen molar-refractivity contribution in [2.24, 2.45) is 4.99 Å². The Balaban J connectivity index is 1.50. The fraction of sp³-hybridized carbons (Fsp3) is 0.278. The maximum absolute atomic E-state index is 14.2. The largest absolute Gasteiger partial charge is 0.491 e. The van der Waals surface area contributed by atoms with Crippen LogP contribution in [0.25, 0.3) is 6.08 Å². The third kappa shape index (κ3) is 7.86. The lowest BCUT2D eigenvalue weighted by atomic mass is 9.95. The molecule has 48 heavy (non-hydrogen) atoms. The van der Waals surface area contributed by atoms with Gasteiger partial charge < -0.3 is 18.9 Å². The van der Waals surface area contributed by atoms with Crippen molar-refractivity contribution >= 4 is 74.5 Å². The number of hydrogen-bond acceptors (Lipinski definition) is 9. The van der Waals surface area contributed by atoms with E-state index in [4.69, 9.17) is 23.9 Å². The molecule has 250 valence electrons. The number of fused-ring (bicyclic) bond motifs is 1. The molecule has 0 fully saturated rings. The summed E-state index contributed by atoms with van der Waals surface area (Å²) in [5, 5.41) is 0. The average molecular weight is 893 g/mol. The van der Waals surface area contributed by atoms with Crippen molar-refractivity contribution in [1.82, 2.24) is 4.57 Å². The number of halogens is 2. The van der Waals surface area contributed by atoms with Crippen LogP contribution < -0.4 is 24.4 Å². The van der Waals surface area contributed by atoms with Crippen molar-refractivity contribution < 1.29 is 28.5 Å². The second kappa shape index (κ2) is 15.8. The number of hydrogen-bond donors (Lipinski definition) is 0. The standard InChI is InChI=1S/C36H34I2N2O7S/c1-6-44-34(42)24-14-12-22(13-15-24)19-46-32-26(37)16-23(17-27(32)38)18-29-33(41)40-31(25-10-8-9-11-28(25)47-20(3)4)30(35(43)45-7-2)21(5)39-36(40)48-29/h8-18,20,31H,6-7,19H2,1-5H3/b29-18-/t31-/m1/s1. The minimum atomic E-state index is -0.778. The molecule has 5 rings (SSSR count). The van der Waals surface area contributed by atoms with Gasteiger partial charge in [0, 0.05) is 5.56 Å². The number of thiazole rings is 1. The van der Waals surface area contributed by atoms with Gasteiger partial charge in [0.2, 0.25) is 0 Å². The van der Waals surface area contributed by atoms with Crippen LogP contribution >= 0.6 is 56.5 Å². The summed E-state index contributed by atoms with van der Waals surface area (Å²) < 4.78 is 26.6. The molecule has 4 aromatic rings. The van der Waals surface area contributed by atoms with Gasteiger partial charge in [0.25, 0.3) is 5.56 Å². The first-order chi connectivity index (χ1) is 23.0. The van der Waals surface area contributed by atoms with E-state index in [9.17, 15) is 14.4 Å². The van der Waals surface area contributed by atoms with Crippen LogP contribution in [-0.4, -0.2) is 35.8 Å². The summed E-state index contributed by atoms with van der Waals surface area (Å²) in [6.45, 7) is 9.98. The third-order valence-corrected chi connectivity index (χ3v) is 9.85. The zero-order valence-electron chi connectivity index (χ0n) is 27.0. The van der Waals surface area contributed by atoms with Gasteiger partial charge in [-0.2, -0.15) is 0 Å². The van der Waals surface area contributed by atoms with Gasteiger partial charge in [-0.15, -0.1) is 0 Å². The lowest BCUT2D eigenvalue weighted by Gasteiger charge is -2.26. The van der Waals surface area contributed by atoms with Gasteiger partial charge in [-0.25, -0.2) is 14.6 Å². The average Bonchev–Trinajstić information content (AvgIpc) is 3.34. The van der Waals surface area contributed by atoms with E-state index in [1.807, 2.05) is 68.5 Å². The first-order valence-electron chi connectivity index (χ1n) is 15.4. The van der Waals surface area contributed by atoms with E-state index in [0.717, 1.165) is 24.0 Å². The number of allylic oxidation sites excluding steroid dienone is 1. The first kappa shape index (κ1) is 35.8. The predicted octanol–water partition coefficient (Wildman–Crippen LogP) is 6.55. The van der Waals surface area contributed by atoms with E-state index in [1.165, 1.54) is 11.3 Å². The smallest absolute Gasteiger partial charge is 0.338 e. The molecule has 0 amide bonds. The number of benzene rings is 3. The van der Waals surface area contributed by atoms with Gasteiger partial charge in [-0.1, -0.05) is 41.7 Å². The van der Waals surface area contributed by atoms with Gasteiger partial charge in [0.15, 0.2) is 4.80 Å². The molecule has 9 nitrogen and oxygen atoms in total. The van der Waals surface area contributed by atoms with Crippen molar-refractivity contribution in [2.45, 2.75) is 53.4 Å². The summed E-state index contributed by atoms with van der Waals surface area (Å²) >= 11 is 5.72. The highest BCUT2D eigenvalue weighted by molar-refractivity contribution is 14.1. The Bertz CT molecular complexity index is 2040. The van der Waals surface area contributed by atoms with Crippen LogP contribution in [0.5, 0.6) is 11.5 Å². The Morgan fingerprint density at radius 2 is 1.62 bits per heavy atom. The summed E-state index contributed by atoms with van der Waals surface area (Å²) in [5.74, 6) is 0.429. The van der Waals surface area contributed by atoms with E-state index < -0.39 is 12.0 Å². The van der Waals surface area contributed by atoms with Crippen LogP contribution in [0.2, 0.25) is 0 Å². The zero-order valence-corrected chi connectivity index (χ0v) is 32.2. The second-order valence-electron chi connectivity index (χ2n) is 11.0. The molecule has 0 saturated carbocycles. The lowest BCUT2D eigenvalue weighted by molar-refractivity contribution is -0.139. The molecule has 0 N–H and O–H groups in total. The zero-order chi connectivity index (χ0) is 34.5. The molecule has 1 aliphatic heterocycles. The van der Waals surface area contributed by atoms with E-state index >= 15 is 0 Å². The van der Waals surface area contributed by atoms with Gasteiger partial charge in [-0.05, 0) is 127 Å². The Kier molecular flexibility index (Phi) is 11.8. The Morgan fingerprint density at radius 1 is 0.979 bits per heavy atom. The van der Waals surface area contributed by atoms with Crippen molar-refractivity contribution in [3.05, 3.63) is 121 Å². The summed E-state index contributed by atoms with van der Waals surface area (Å²) in [6.07, 6.45) is 1.72. The summed E-state index contributed by atoms with van der Waals surface area (Å²) in [7, 11) is 0. The molecule has 0 spiro atoms. The molecule has 0 aliphatic carbocycles. The Morgan fingerprint density at radius 3 is 2.27 bits per heavy atom.